The molecule has 3 atom stereocenters. The highest BCUT2D eigenvalue weighted by molar-refractivity contribution is 7.99. The Bertz CT molecular complexity index is 187. The maximum atomic E-state index is 5.30. The fraction of sp³-hybridized carbons (Fsp3) is 1.00. The quantitative estimate of drug-likeness (QED) is 0.745. The van der Waals surface area contributed by atoms with Gasteiger partial charge in [0.15, 0.2) is 0 Å². The monoisotopic (exact) mass is 245 g/mol. The number of methoxy groups -OCH3 is 1. The fourth-order valence-electron chi connectivity index (χ4n) is 2.42. The van der Waals surface area contributed by atoms with E-state index in [0.717, 1.165) is 11.9 Å². The third-order valence-corrected chi connectivity index (χ3v) is 4.74. The molecule has 0 aliphatic heterocycles. The predicted molar refractivity (Wildman–Crippen MR) is 73.2 cm³/mol. The summed E-state index contributed by atoms with van der Waals surface area (Å²) in [5, 5.41) is 4.63. The Morgan fingerprint density at radius 3 is 2.69 bits per heavy atom. The average molecular weight is 245 g/mol. The van der Waals surface area contributed by atoms with Gasteiger partial charge in [0, 0.05) is 24.4 Å². The average Bonchev–Trinajstić information content (AvgIpc) is 2.65. The van der Waals surface area contributed by atoms with E-state index in [2.05, 4.69) is 37.8 Å². The van der Waals surface area contributed by atoms with E-state index in [-0.39, 0.29) is 0 Å². The minimum absolute atomic E-state index is 0.507. The van der Waals surface area contributed by atoms with E-state index < -0.39 is 0 Å². The molecule has 3 unspecified atom stereocenters. The van der Waals surface area contributed by atoms with Gasteiger partial charge in [0.2, 0.25) is 0 Å². The minimum atomic E-state index is 0.507. The Hall–Kier alpha value is 0.270. The van der Waals surface area contributed by atoms with Gasteiger partial charge in [0.1, 0.15) is 0 Å². The molecule has 1 aliphatic carbocycles. The maximum Gasteiger partial charge on any atom is 0.0618 e. The Morgan fingerprint density at radius 1 is 1.38 bits per heavy atom. The maximum absolute atomic E-state index is 5.30. The van der Waals surface area contributed by atoms with Gasteiger partial charge in [-0.2, -0.15) is 11.8 Å². The number of hydrogen-bond acceptors (Lipinski definition) is 3. The van der Waals surface area contributed by atoms with Gasteiger partial charge < -0.3 is 10.1 Å². The molecular formula is C13H27NOS. The largest absolute Gasteiger partial charge is 0.383 e. The standard InChI is InChI=1S/C13H27NOS/c1-5-16-13-8-6-7-11(13)14-12(9-15-4)10(2)3/h10-14H,5-9H2,1-4H3. The third-order valence-electron chi connectivity index (χ3n) is 3.41. The Balaban J connectivity index is 2.43. The van der Waals surface area contributed by atoms with Crippen LogP contribution in [0.1, 0.15) is 40.0 Å². The van der Waals surface area contributed by atoms with Crippen molar-refractivity contribution < 1.29 is 4.74 Å². The van der Waals surface area contributed by atoms with Crippen molar-refractivity contribution in [3.8, 4) is 0 Å². The van der Waals surface area contributed by atoms with Crippen LogP contribution in [0.4, 0.5) is 0 Å². The molecule has 0 bridgehead atoms. The van der Waals surface area contributed by atoms with Gasteiger partial charge in [0.25, 0.3) is 0 Å². The van der Waals surface area contributed by atoms with Crippen LogP contribution in [-0.4, -0.2) is 36.8 Å². The van der Waals surface area contributed by atoms with E-state index in [1.54, 1.807) is 7.11 Å². The van der Waals surface area contributed by atoms with Crippen molar-refractivity contribution in [1.29, 1.82) is 0 Å². The lowest BCUT2D eigenvalue weighted by Gasteiger charge is -2.28. The lowest BCUT2D eigenvalue weighted by Crippen LogP contribution is -2.46. The lowest BCUT2D eigenvalue weighted by atomic mass is 10.0. The number of nitrogens with one attached hydrogen (secondary N) is 1. The first-order valence-corrected chi connectivity index (χ1v) is 7.60. The zero-order valence-corrected chi connectivity index (χ0v) is 12.0. The van der Waals surface area contributed by atoms with Crippen LogP contribution >= 0.6 is 11.8 Å². The molecule has 0 amide bonds. The lowest BCUT2D eigenvalue weighted by molar-refractivity contribution is 0.141. The second-order valence-electron chi connectivity index (χ2n) is 5.00. The van der Waals surface area contributed by atoms with Gasteiger partial charge >= 0.3 is 0 Å². The van der Waals surface area contributed by atoms with E-state index in [0.29, 0.717) is 18.0 Å². The van der Waals surface area contributed by atoms with Gasteiger partial charge in [-0.1, -0.05) is 27.2 Å². The van der Waals surface area contributed by atoms with Crippen molar-refractivity contribution in [1.82, 2.24) is 5.32 Å². The molecule has 1 N–H and O–H groups in total. The van der Waals surface area contributed by atoms with Gasteiger partial charge in [-0.25, -0.2) is 0 Å². The number of thioether (sulfide) groups is 1. The van der Waals surface area contributed by atoms with Crippen LogP contribution in [0.25, 0.3) is 0 Å². The van der Waals surface area contributed by atoms with Crippen molar-refractivity contribution in [3.05, 3.63) is 0 Å². The molecule has 0 saturated heterocycles. The summed E-state index contributed by atoms with van der Waals surface area (Å²) >= 11 is 2.12. The molecule has 96 valence electrons. The zero-order valence-electron chi connectivity index (χ0n) is 11.2. The second-order valence-corrected chi connectivity index (χ2v) is 6.52. The summed E-state index contributed by atoms with van der Waals surface area (Å²) in [6.07, 6.45) is 4.10. The molecule has 2 nitrogen and oxygen atoms in total. The fourth-order valence-corrected chi connectivity index (χ4v) is 3.63. The van der Waals surface area contributed by atoms with Crippen molar-refractivity contribution in [2.24, 2.45) is 5.92 Å². The normalized spacial score (nSPS) is 27.6. The summed E-state index contributed by atoms with van der Waals surface area (Å²) in [6.45, 7) is 7.63. The molecule has 1 fully saturated rings. The summed E-state index contributed by atoms with van der Waals surface area (Å²) in [4.78, 5) is 0. The Labute approximate surface area is 105 Å². The van der Waals surface area contributed by atoms with E-state index in [9.17, 15) is 0 Å². The summed E-state index contributed by atoms with van der Waals surface area (Å²) in [7, 11) is 1.80. The molecule has 0 spiro atoms. The molecule has 1 rings (SSSR count). The van der Waals surface area contributed by atoms with Crippen molar-refractivity contribution in [2.75, 3.05) is 19.5 Å². The van der Waals surface area contributed by atoms with Crippen LogP contribution in [0.15, 0.2) is 0 Å². The molecule has 3 heteroatoms. The SMILES string of the molecule is CCSC1CCCC1NC(COC)C(C)C. The number of hydrogen-bond donors (Lipinski definition) is 1. The molecule has 0 heterocycles. The molecule has 16 heavy (non-hydrogen) atoms. The molecule has 0 radical (unpaired) electrons. The summed E-state index contributed by atoms with van der Waals surface area (Å²) in [5.74, 6) is 1.88. The molecule has 1 saturated carbocycles. The molecule has 0 aromatic heterocycles. The first-order chi connectivity index (χ1) is 7.69. The predicted octanol–water partition coefficient (Wildman–Crippen LogP) is 2.92. The van der Waals surface area contributed by atoms with Crippen LogP contribution in [0.2, 0.25) is 0 Å². The van der Waals surface area contributed by atoms with Crippen molar-refractivity contribution >= 4 is 11.8 Å². The van der Waals surface area contributed by atoms with E-state index in [1.807, 2.05) is 0 Å². The highest BCUT2D eigenvalue weighted by atomic mass is 32.2. The highest BCUT2D eigenvalue weighted by Crippen LogP contribution is 2.30. The highest BCUT2D eigenvalue weighted by Gasteiger charge is 2.29. The zero-order chi connectivity index (χ0) is 12.0. The van der Waals surface area contributed by atoms with Gasteiger partial charge in [-0.05, 0) is 24.5 Å². The molecule has 0 aromatic carbocycles. The number of ether oxygens (including phenoxy) is 1. The van der Waals surface area contributed by atoms with E-state index >= 15 is 0 Å². The minimum Gasteiger partial charge on any atom is -0.383 e. The van der Waals surface area contributed by atoms with Crippen LogP contribution in [0.3, 0.4) is 0 Å². The topological polar surface area (TPSA) is 21.3 Å². The summed E-state index contributed by atoms with van der Waals surface area (Å²) in [6, 6.07) is 1.21. The van der Waals surface area contributed by atoms with E-state index in [1.165, 1.54) is 25.0 Å². The number of rotatable bonds is 7. The summed E-state index contributed by atoms with van der Waals surface area (Å²) in [5.41, 5.74) is 0. The van der Waals surface area contributed by atoms with Crippen molar-refractivity contribution in [2.45, 2.75) is 57.4 Å². The third kappa shape index (κ3) is 4.27. The first kappa shape index (κ1) is 14.3. The van der Waals surface area contributed by atoms with Crippen LogP contribution in [0.5, 0.6) is 0 Å². The second kappa shape index (κ2) is 7.57. The van der Waals surface area contributed by atoms with Crippen LogP contribution in [0, 0.1) is 5.92 Å². The van der Waals surface area contributed by atoms with Gasteiger partial charge in [-0.15, -0.1) is 0 Å². The molecule has 1 aliphatic rings. The molecular weight excluding hydrogens is 218 g/mol. The van der Waals surface area contributed by atoms with Crippen molar-refractivity contribution in [3.63, 3.8) is 0 Å². The smallest absolute Gasteiger partial charge is 0.0618 e. The van der Waals surface area contributed by atoms with Gasteiger partial charge in [-0.3, -0.25) is 0 Å². The summed E-state index contributed by atoms with van der Waals surface area (Å²) < 4.78 is 5.30. The van der Waals surface area contributed by atoms with Crippen LogP contribution < -0.4 is 5.32 Å². The molecule has 0 aromatic rings. The van der Waals surface area contributed by atoms with E-state index in [4.69, 9.17) is 4.74 Å². The Kier molecular flexibility index (Phi) is 6.78. The first-order valence-electron chi connectivity index (χ1n) is 6.55. The Morgan fingerprint density at radius 2 is 2.12 bits per heavy atom. The van der Waals surface area contributed by atoms with Crippen LogP contribution in [-0.2, 0) is 4.74 Å². The van der Waals surface area contributed by atoms with Gasteiger partial charge in [0.05, 0.1) is 6.61 Å².